The maximum absolute atomic E-state index is 10.8. The third-order valence-corrected chi connectivity index (χ3v) is 6.20. The van der Waals surface area contributed by atoms with Gasteiger partial charge in [0.05, 0.1) is 23.4 Å². The van der Waals surface area contributed by atoms with E-state index in [1.54, 1.807) is 4.52 Å². The summed E-state index contributed by atoms with van der Waals surface area (Å²) in [6.07, 6.45) is -1.13. The van der Waals surface area contributed by atoms with Crippen LogP contribution in [0.2, 0.25) is 0 Å². The summed E-state index contributed by atoms with van der Waals surface area (Å²) in [4.78, 5) is 18.2. The highest BCUT2D eigenvalue weighted by molar-refractivity contribution is 7.99. The van der Waals surface area contributed by atoms with E-state index in [1.807, 2.05) is 30.3 Å². The van der Waals surface area contributed by atoms with E-state index in [-0.39, 0.29) is 0 Å². The summed E-state index contributed by atoms with van der Waals surface area (Å²) >= 11 is 2.73. The summed E-state index contributed by atoms with van der Waals surface area (Å²) in [7, 11) is 0. The third-order valence-electron chi connectivity index (χ3n) is 4.34. The van der Waals surface area contributed by atoms with Crippen LogP contribution in [0.15, 0.2) is 40.4 Å². The summed E-state index contributed by atoms with van der Waals surface area (Å²) in [5.74, 6) is 0.866. The van der Waals surface area contributed by atoms with Crippen LogP contribution >= 0.6 is 23.1 Å². The Bertz CT molecular complexity index is 1200. The monoisotopic (exact) mass is 429 g/mol. The topological polar surface area (TPSA) is 118 Å². The summed E-state index contributed by atoms with van der Waals surface area (Å²) < 4.78 is 8.03. The Morgan fingerprint density at radius 3 is 2.90 bits per heavy atom. The van der Waals surface area contributed by atoms with E-state index in [9.17, 15) is 4.79 Å². The molecule has 5 rings (SSSR count). The fraction of sp³-hybridized carbons (Fsp3) is 0.235. The summed E-state index contributed by atoms with van der Waals surface area (Å²) in [6.45, 7) is 2.99. The number of rotatable bonds is 4. The molecule has 0 aliphatic carbocycles. The molecule has 1 saturated heterocycles. The van der Waals surface area contributed by atoms with Gasteiger partial charge in [-0.3, -0.25) is 5.32 Å². The minimum Gasteiger partial charge on any atom is -0.465 e. The van der Waals surface area contributed by atoms with Crippen LogP contribution in [0.25, 0.3) is 15.9 Å². The van der Waals surface area contributed by atoms with Gasteiger partial charge in [0.25, 0.3) is 0 Å². The highest BCUT2D eigenvalue weighted by Crippen LogP contribution is 2.33. The molecule has 0 saturated carbocycles. The Balaban J connectivity index is 1.44. The van der Waals surface area contributed by atoms with Crippen molar-refractivity contribution < 1.29 is 14.6 Å². The van der Waals surface area contributed by atoms with E-state index >= 15 is 0 Å². The fourth-order valence-electron chi connectivity index (χ4n) is 3.00. The number of carbonyl (C=O) groups is 1. The molecule has 0 bridgehead atoms. The smallest absolute Gasteiger partial charge is 0.410 e. The molecular weight excluding hydrogens is 414 g/mol. The number of fused-ring (bicyclic) bond motifs is 2. The number of carboxylic acid groups (broad SMARTS) is 1. The number of hydrogen-bond acceptors (Lipinski definition) is 9. The van der Waals surface area contributed by atoms with Crippen molar-refractivity contribution in [1.82, 2.24) is 24.8 Å². The zero-order valence-corrected chi connectivity index (χ0v) is 16.6. The Kier molecular flexibility index (Phi) is 4.66. The highest BCUT2D eigenvalue weighted by Gasteiger charge is 2.16. The Hall–Kier alpha value is -2.96. The Labute approximate surface area is 172 Å². The van der Waals surface area contributed by atoms with Crippen molar-refractivity contribution in [3.63, 3.8) is 0 Å². The molecule has 2 N–H and O–H groups in total. The molecule has 1 aliphatic heterocycles. The van der Waals surface area contributed by atoms with Crippen LogP contribution in [0.5, 0.6) is 0 Å². The summed E-state index contributed by atoms with van der Waals surface area (Å²) in [6, 6.07) is 9.59. The normalized spacial score (nSPS) is 14.6. The predicted molar refractivity (Wildman–Crippen MR) is 109 cm³/mol. The van der Waals surface area contributed by atoms with Crippen molar-refractivity contribution in [2.45, 2.75) is 10.1 Å². The van der Waals surface area contributed by atoms with Gasteiger partial charge in [0.1, 0.15) is 5.82 Å². The van der Waals surface area contributed by atoms with Crippen LogP contribution < -0.4 is 10.2 Å². The summed E-state index contributed by atoms with van der Waals surface area (Å²) in [5.41, 5.74) is 1.42. The van der Waals surface area contributed by atoms with Gasteiger partial charge in [0.15, 0.2) is 10.8 Å². The van der Waals surface area contributed by atoms with Gasteiger partial charge in [0, 0.05) is 18.0 Å². The minimum absolute atomic E-state index is 0.347. The van der Waals surface area contributed by atoms with Crippen molar-refractivity contribution >= 4 is 56.0 Å². The molecule has 4 heterocycles. The molecule has 29 heavy (non-hydrogen) atoms. The number of aromatic nitrogens is 5. The zero-order valence-electron chi connectivity index (χ0n) is 15.0. The number of anilines is 2. The lowest BCUT2D eigenvalue weighted by Gasteiger charge is -2.27. The van der Waals surface area contributed by atoms with Crippen LogP contribution in [0.4, 0.5) is 15.7 Å². The molecule has 1 fully saturated rings. The number of nitrogens with one attached hydrogen (secondary N) is 1. The van der Waals surface area contributed by atoms with Gasteiger partial charge >= 0.3 is 6.09 Å². The van der Waals surface area contributed by atoms with Gasteiger partial charge in [-0.25, -0.2) is 9.78 Å². The molecule has 1 aliphatic rings. The van der Waals surface area contributed by atoms with Crippen LogP contribution in [0.1, 0.15) is 0 Å². The second-order valence-electron chi connectivity index (χ2n) is 6.22. The number of ether oxygens (including phenoxy) is 1. The van der Waals surface area contributed by atoms with Crippen molar-refractivity contribution in [3.05, 3.63) is 30.3 Å². The van der Waals surface area contributed by atoms with Gasteiger partial charge in [-0.2, -0.15) is 4.52 Å². The molecule has 1 amide bonds. The van der Waals surface area contributed by atoms with Crippen LogP contribution in [0.3, 0.4) is 0 Å². The maximum Gasteiger partial charge on any atom is 0.410 e. The number of hydrogen-bond donors (Lipinski definition) is 2. The van der Waals surface area contributed by atoms with Gasteiger partial charge in [0.2, 0.25) is 5.16 Å². The first-order valence-electron chi connectivity index (χ1n) is 8.79. The van der Waals surface area contributed by atoms with E-state index in [4.69, 9.17) is 14.9 Å². The number of benzene rings is 1. The summed E-state index contributed by atoms with van der Waals surface area (Å²) in [5, 5.41) is 25.3. The average molecular weight is 429 g/mol. The van der Waals surface area contributed by atoms with E-state index in [0.717, 1.165) is 34.0 Å². The van der Waals surface area contributed by atoms with Crippen LogP contribution in [-0.4, -0.2) is 62.3 Å². The van der Waals surface area contributed by atoms with Gasteiger partial charge in [-0.15, -0.1) is 15.3 Å². The molecule has 10 nitrogen and oxygen atoms in total. The zero-order chi connectivity index (χ0) is 19.8. The van der Waals surface area contributed by atoms with Crippen LogP contribution in [0, 0.1) is 0 Å². The lowest BCUT2D eigenvalue weighted by molar-refractivity contribution is 0.122. The SMILES string of the molecule is O=C(O)Nc1nc2ccc(Sc3nnc4ccc(N5CCOCC5)nn34)cc2s1. The molecule has 3 aromatic heterocycles. The molecule has 1 aromatic carbocycles. The van der Waals surface area contributed by atoms with Crippen molar-refractivity contribution in [3.8, 4) is 0 Å². The largest absolute Gasteiger partial charge is 0.465 e. The second kappa shape index (κ2) is 7.46. The first-order chi connectivity index (χ1) is 14.2. The molecule has 12 heteroatoms. The van der Waals surface area contributed by atoms with Crippen LogP contribution in [-0.2, 0) is 4.74 Å². The molecule has 4 aromatic rings. The van der Waals surface area contributed by atoms with E-state index in [2.05, 4.69) is 25.4 Å². The van der Waals surface area contributed by atoms with Gasteiger partial charge in [-0.05, 0) is 42.1 Å². The number of amides is 1. The Morgan fingerprint density at radius 2 is 2.07 bits per heavy atom. The fourth-order valence-corrected chi connectivity index (χ4v) is 4.80. The first kappa shape index (κ1) is 18.1. The predicted octanol–water partition coefficient (Wildman–Crippen LogP) is 2.81. The van der Waals surface area contributed by atoms with Gasteiger partial charge < -0.3 is 14.7 Å². The maximum atomic E-state index is 10.8. The van der Waals surface area contributed by atoms with E-state index < -0.39 is 6.09 Å². The average Bonchev–Trinajstić information content (AvgIpc) is 3.31. The molecule has 0 unspecified atom stereocenters. The van der Waals surface area contributed by atoms with E-state index in [1.165, 1.54) is 23.1 Å². The quantitative estimate of drug-likeness (QED) is 0.505. The highest BCUT2D eigenvalue weighted by atomic mass is 32.2. The number of thiazole rings is 1. The molecular formula is C17H15N7O3S2. The molecule has 0 radical (unpaired) electrons. The molecule has 148 valence electrons. The third kappa shape index (κ3) is 3.69. The molecule has 0 atom stereocenters. The van der Waals surface area contributed by atoms with E-state index in [0.29, 0.717) is 29.1 Å². The first-order valence-corrected chi connectivity index (χ1v) is 10.4. The van der Waals surface area contributed by atoms with Crippen molar-refractivity contribution in [2.75, 3.05) is 36.5 Å². The Morgan fingerprint density at radius 1 is 1.21 bits per heavy atom. The number of nitrogens with zero attached hydrogens (tertiary/aromatic N) is 6. The van der Waals surface area contributed by atoms with Crippen molar-refractivity contribution in [2.24, 2.45) is 0 Å². The number of morpholine rings is 1. The molecule has 0 spiro atoms. The minimum atomic E-state index is -1.13. The van der Waals surface area contributed by atoms with Crippen molar-refractivity contribution in [1.29, 1.82) is 0 Å². The lowest BCUT2D eigenvalue weighted by atomic mass is 10.3. The lowest BCUT2D eigenvalue weighted by Crippen LogP contribution is -2.37. The standard InChI is InChI=1S/C17H15N7O3S2/c25-17(26)19-15-18-11-2-1-10(9-12(11)29-15)28-16-21-20-13-3-4-14(22-24(13)16)23-5-7-27-8-6-23/h1-4,9H,5-8H2,(H,18,19)(H,25,26). The second-order valence-corrected chi connectivity index (χ2v) is 8.30. The van der Waals surface area contributed by atoms with Gasteiger partial charge in [-0.1, -0.05) is 11.3 Å².